The maximum absolute atomic E-state index is 12.3. The van der Waals surface area contributed by atoms with Crippen LogP contribution in [-0.2, 0) is 9.53 Å². The van der Waals surface area contributed by atoms with E-state index in [9.17, 15) is 9.90 Å². The first-order valence-electron chi connectivity index (χ1n) is 8.03. The molecule has 130 valence electrons. The summed E-state index contributed by atoms with van der Waals surface area (Å²) >= 11 is 0. The van der Waals surface area contributed by atoms with E-state index in [1.165, 1.54) is 6.92 Å². The maximum Gasteiger partial charge on any atom is 0.259 e. The van der Waals surface area contributed by atoms with Crippen LogP contribution in [0.3, 0.4) is 0 Å². The second-order valence-electron chi connectivity index (χ2n) is 6.29. The fourth-order valence-corrected chi connectivity index (χ4v) is 2.17. The molecule has 1 aliphatic carbocycles. The average Bonchev–Trinajstić information content (AvgIpc) is 2.81. The Balaban J connectivity index is 1.98. The van der Waals surface area contributed by atoms with Crippen LogP contribution in [0.2, 0.25) is 0 Å². The van der Waals surface area contributed by atoms with Gasteiger partial charge in [-0.3, -0.25) is 4.79 Å². The van der Waals surface area contributed by atoms with Crippen molar-refractivity contribution >= 4 is 11.6 Å². The number of nitriles is 1. The molecule has 0 radical (unpaired) electrons. The van der Waals surface area contributed by atoms with Gasteiger partial charge in [0.25, 0.3) is 5.91 Å². The normalized spacial score (nSPS) is 16.0. The minimum atomic E-state index is -1.68. The lowest BCUT2D eigenvalue weighted by Gasteiger charge is -2.23. The number of ether oxygens (including phenoxy) is 1. The Morgan fingerprint density at radius 2 is 2.12 bits per heavy atom. The molecule has 2 rings (SSSR count). The lowest BCUT2D eigenvalue weighted by atomic mass is 10.1. The molecule has 0 saturated heterocycles. The van der Waals surface area contributed by atoms with Crippen LogP contribution in [0.5, 0.6) is 0 Å². The van der Waals surface area contributed by atoms with E-state index >= 15 is 0 Å². The van der Waals surface area contributed by atoms with Crippen LogP contribution < -0.4 is 5.32 Å². The second-order valence-corrected chi connectivity index (χ2v) is 6.29. The standard InChI is InChI=1S/C20H22N2O3/c1-14-7-9-17(11-15(14)2)22-19(23)20(3,24)13-25-18-6-4-5-16(12-21)8-10-18/h4-5,7-11,24H,6,13H2,1-3H3,(H,22,23)/t20-/m0/s1. The van der Waals surface area contributed by atoms with Gasteiger partial charge in [0, 0.05) is 12.1 Å². The van der Waals surface area contributed by atoms with Crippen molar-refractivity contribution < 1.29 is 14.6 Å². The zero-order valence-electron chi connectivity index (χ0n) is 14.7. The molecule has 5 heteroatoms. The fraction of sp³-hybridized carbons (Fsp3) is 0.300. The summed E-state index contributed by atoms with van der Waals surface area (Å²) in [5.74, 6) is 0.0505. The van der Waals surface area contributed by atoms with Gasteiger partial charge in [0.05, 0.1) is 17.4 Å². The number of amides is 1. The van der Waals surface area contributed by atoms with E-state index < -0.39 is 11.5 Å². The molecule has 1 amide bonds. The van der Waals surface area contributed by atoms with Gasteiger partial charge in [-0.2, -0.15) is 5.26 Å². The Kier molecular flexibility index (Phi) is 5.79. The predicted octanol–water partition coefficient (Wildman–Crippen LogP) is 3.30. The van der Waals surface area contributed by atoms with Crippen LogP contribution in [0.1, 0.15) is 24.5 Å². The largest absolute Gasteiger partial charge is 0.494 e. The van der Waals surface area contributed by atoms with Crippen molar-refractivity contribution in [2.75, 3.05) is 11.9 Å². The van der Waals surface area contributed by atoms with Crippen LogP contribution >= 0.6 is 0 Å². The number of carbonyl (C=O) groups is 1. The molecule has 1 aromatic rings. The number of aliphatic hydroxyl groups is 1. The summed E-state index contributed by atoms with van der Waals surface area (Å²) in [4.78, 5) is 12.3. The molecule has 0 saturated carbocycles. The van der Waals surface area contributed by atoms with Gasteiger partial charge in [-0.05, 0) is 62.3 Å². The van der Waals surface area contributed by atoms with Crippen molar-refractivity contribution in [1.29, 1.82) is 5.26 Å². The quantitative estimate of drug-likeness (QED) is 0.863. The number of rotatable bonds is 5. The third kappa shape index (κ3) is 5.07. The first-order valence-corrected chi connectivity index (χ1v) is 8.03. The summed E-state index contributed by atoms with van der Waals surface area (Å²) in [6, 6.07) is 7.62. The number of hydrogen-bond donors (Lipinski definition) is 2. The Labute approximate surface area is 147 Å². The van der Waals surface area contributed by atoms with Crippen molar-refractivity contribution in [3.05, 3.63) is 65.0 Å². The number of aryl methyl sites for hydroxylation is 2. The van der Waals surface area contributed by atoms with E-state index in [4.69, 9.17) is 10.00 Å². The highest BCUT2D eigenvalue weighted by molar-refractivity contribution is 5.97. The number of anilines is 1. The van der Waals surface area contributed by atoms with Crippen LogP contribution in [0, 0.1) is 25.2 Å². The summed E-state index contributed by atoms with van der Waals surface area (Å²) in [5, 5.41) is 22.0. The molecule has 1 atom stereocenters. The lowest BCUT2D eigenvalue weighted by Crippen LogP contribution is -2.44. The van der Waals surface area contributed by atoms with Crippen LogP contribution in [0.4, 0.5) is 5.69 Å². The highest BCUT2D eigenvalue weighted by Crippen LogP contribution is 2.18. The van der Waals surface area contributed by atoms with Gasteiger partial charge in [-0.15, -0.1) is 0 Å². The summed E-state index contributed by atoms with van der Waals surface area (Å²) in [6.45, 7) is 5.18. The van der Waals surface area contributed by atoms with Crippen molar-refractivity contribution in [3.8, 4) is 6.07 Å². The number of nitrogens with one attached hydrogen (secondary N) is 1. The molecule has 0 unspecified atom stereocenters. The number of allylic oxidation sites excluding steroid dienone is 5. The third-order valence-electron chi connectivity index (χ3n) is 3.99. The molecule has 0 aromatic heterocycles. The van der Waals surface area contributed by atoms with Gasteiger partial charge >= 0.3 is 0 Å². The first-order chi connectivity index (χ1) is 11.8. The molecule has 5 nitrogen and oxygen atoms in total. The highest BCUT2D eigenvalue weighted by Gasteiger charge is 2.31. The number of nitrogens with zero attached hydrogens (tertiary/aromatic N) is 1. The molecule has 1 aliphatic rings. The molecule has 0 bridgehead atoms. The summed E-state index contributed by atoms with van der Waals surface area (Å²) < 4.78 is 5.57. The molecule has 0 heterocycles. The monoisotopic (exact) mass is 338 g/mol. The smallest absolute Gasteiger partial charge is 0.259 e. The second kappa shape index (κ2) is 7.82. The van der Waals surface area contributed by atoms with E-state index in [1.54, 1.807) is 30.4 Å². The maximum atomic E-state index is 12.3. The van der Waals surface area contributed by atoms with Gasteiger partial charge in [0.2, 0.25) is 0 Å². The molecule has 0 fully saturated rings. The van der Waals surface area contributed by atoms with E-state index in [2.05, 4.69) is 11.4 Å². The minimum Gasteiger partial charge on any atom is -0.494 e. The molecule has 2 N–H and O–H groups in total. The molecule has 0 spiro atoms. The number of hydrogen-bond acceptors (Lipinski definition) is 4. The number of carbonyl (C=O) groups excluding carboxylic acids is 1. The summed E-state index contributed by atoms with van der Waals surface area (Å²) in [7, 11) is 0. The molecule has 25 heavy (non-hydrogen) atoms. The topological polar surface area (TPSA) is 82.3 Å². The van der Waals surface area contributed by atoms with Gasteiger partial charge in [-0.25, -0.2) is 0 Å². The van der Waals surface area contributed by atoms with E-state index in [1.807, 2.05) is 26.0 Å². The lowest BCUT2D eigenvalue weighted by molar-refractivity contribution is -0.136. The average molecular weight is 338 g/mol. The Bertz CT molecular complexity index is 796. The predicted molar refractivity (Wildman–Crippen MR) is 96.7 cm³/mol. The third-order valence-corrected chi connectivity index (χ3v) is 3.99. The summed E-state index contributed by atoms with van der Waals surface area (Å²) in [5.41, 5.74) is 1.66. The zero-order valence-corrected chi connectivity index (χ0v) is 14.7. The Morgan fingerprint density at radius 1 is 1.36 bits per heavy atom. The van der Waals surface area contributed by atoms with E-state index in [-0.39, 0.29) is 6.61 Å². The van der Waals surface area contributed by atoms with Crippen LogP contribution in [-0.4, -0.2) is 23.2 Å². The number of benzene rings is 1. The van der Waals surface area contributed by atoms with Crippen molar-refractivity contribution in [3.63, 3.8) is 0 Å². The van der Waals surface area contributed by atoms with E-state index in [0.29, 0.717) is 23.4 Å². The van der Waals surface area contributed by atoms with Crippen molar-refractivity contribution in [2.24, 2.45) is 0 Å². The molecular weight excluding hydrogens is 316 g/mol. The summed E-state index contributed by atoms with van der Waals surface area (Å²) in [6.07, 6.45) is 7.32. The molecular formula is C20H22N2O3. The van der Waals surface area contributed by atoms with Gasteiger partial charge in [0.1, 0.15) is 6.61 Å². The van der Waals surface area contributed by atoms with Gasteiger partial charge in [-0.1, -0.05) is 12.1 Å². The SMILES string of the molecule is Cc1ccc(NC(=O)[C@@](C)(O)COC2=CC=C(C#N)C=CC2)cc1C. The van der Waals surface area contributed by atoms with Crippen molar-refractivity contribution in [2.45, 2.75) is 32.8 Å². The Morgan fingerprint density at radius 3 is 2.80 bits per heavy atom. The van der Waals surface area contributed by atoms with Crippen LogP contribution in [0.15, 0.2) is 53.8 Å². The highest BCUT2D eigenvalue weighted by atomic mass is 16.5. The van der Waals surface area contributed by atoms with Gasteiger partial charge in [0.15, 0.2) is 5.60 Å². The first kappa shape index (κ1) is 18.5. The molecule has 0 aliphatic heterocycles. The fourth-order valence-electron chi connectivity index (χ4n) is 2.17. The Hall–Kier alpha value is -2.84. The van der Waals surface area contributed by atoms with Crippen LogP contribution in [0.25, 0.3) is 0 Å². The zero-order chi connectivity index (χ0) is 18.4. The minimum absolute atomic E-state index is 0.181. The van der Waals surface area contributed by atoms with Crippen molar-refractivity contribution in [1.82, 2.24) is 0 Å². The van der Waals surface area contributed by atoms with Gasteiger partial charge < -0.3 is 15.2 Å². The van der Waals surface area contributed by atoms with E-state index in [0.717, 1.165) is 11.1 Å². The molecule has 1 aromatic carbocycles.